The van der Waals surface area contributed by atoms with Gasteiger partial charge in [-0.3, -0.25) is 9.55 Å². The molecule has 1 unspecified atom stereocenters. The number of carbonyl (C=O) groups is 1. The first kappa shape index (κ1) is 20.3. The van der Waals surface area contributed by atoms with Crippen molar-refractivity contribution < 1.29 is 22.5 Å². The Morgan fingerprint density at radius 3 is 2.40 bits per heavy atom. The van der Waals surface area contributed by atoms with Crippen LogP contribution in [0.15, 0.2) is 64.5 Å². The van der Waals surface area contributed by atoms with Gasteiger partial charge in [0.15, 0.2) is 0 Å². The van der Waals surface area contributed by atoms with E-state index in [0.717, 1.165) is 33.3 Å². The monoisotopic (exact) mass is 423 g/mol. The number of hydrogen-bond donors (Lipinski definition) is 1. The standard InChI is InChI=1S/C23H21NO5S/c1-14-23(2,13-15-4-6-17(7-5-15)22(25)29-3)21-19-12-18(30(26,27)28)10-8-16(19)9-11-20(21)24-14/h4-12H,13H2,1-3H3,(H,26,27,28). The van der Waals surface area contributed by atoms with Gasteiger partial charge in [-0.2, -0.15) is 8.42 Å². The lowest BCUT2D eigenvalue weighted by Gasteiger charge is -2.28. The zero-order valence-electron chi connectivity index (χ0n) is 16.8. The van der Waals surface area contributed by atoms with Crippen molar-refractivity contribution in [3.63, 3.8) is 0 Å². The van der Waals surface area contributed by atoms with Gasteiger partial charge in [-0.15, -0.1) is 0 Å². The van der Waals surface area contributed by atoms with E-state index < -0.39 is 15.5 Å². The molecular formula is C23H21NO5S. The summed E-state index contributed by atoms with van der Waals surface area (Å²) >= 11 is 0. The molecule has 7 heteroatoms. The Labute approximate surface area is 175 Å². The summed E-state index contributed by atoms with van der Waals surface area (Å²) in [7, 11) is -2.97. The van der Waals surface area contributed by atoms with Crippen molar-refractivity contribution in [1.82, 2.24) is 0 Å². The first-order valence-corrected chi connectivity index (χ1v) is 10.9. The summed E-state index contributed by atoms with van der Waals surface area (Å²) < 4.78 is 37.7. The first-order chi connectivity index (χ1) is 14.1. The number of methoxy groups -OCH3 is 1. The van der Waals surface area contributed by atoms with Crippen LogP contribution >= 0.6 is 0 Å². The number of rotatable bonds is 4. The average Bonchev–Trinajstić information content (AvgIpc) is 2.97. The van der Waals surface area contributed by atoms with Gasteiger partial charge in [0.1, 0.15) is 0 Å². The Bertz CT molecular complexity index is 1310. The van der Waals surface area contributed by atoms with Gasteiger partial charge < -0.3 is 4.74 Å². The molecule has 0 amide bonds. The Kier molecular flexibility index (Phi) is 4.75. The molecule has 30 heavy (non-hydrogen) atoms. The van der Waals surface area contributed by atoms with E-state index >= 15 is 0 Å². The van der Waals surface area contributed by atoms with Gasteiger partial charge in [-0.05, 0) is 72.5 Å². The summed E-state index contributed by atoms with van der Waals surface area (Å²) in [5.41, 5.74) is 3.65. The summed E-state index contributed by atoms with van der Waals surface area (Å²) in [6, 6.07) is 15.7. The summed E-state index contributed by atoms with van der Waals surface area (Å²) in [4.78, 5) is 16.3. The van der Waals surface area contributed by atoms with Crippen molar-refractivity contribution in [3.05, 3.63) is 71.3 Å². The summed E-state index contributed by atoms with van der Waals surface area (Å²) in [6.07, 6.45) is 0.617. The molecule has 1 heterocycles. The van der Waals surface area contributed by atoms with Gasteiger partial charge >= 0.3 is 5.97 Å². The normalized spacial score (nSPS) is 18.2. The molecule has 0 radical (unpaired) electrons. The molecule has 0 aliphatic carbocycles. The predicted molar refractivity (Wildman–Crippen MR) is 115 cm³/mol. The molecule has 6 nitrogen and oxygen atoms in total. The minimum atomic E-state index is -4.32. The Hall–Kier alpha value is -3.03. The van der Waals surface area contributed by atoms with Crippen molar-refractivity contribution >= 4 is 38.3 Å². The van der Waals surface area contributed by atoms with Gasteiger partial charge in [0, 0.05) is 11.1 Å². The number of carbonyl (C=O) groups excluding carboxylic acids is 1. The molecule has 1 aliphatic rings. The average molecular weight is 423 g/mol. The molecule has 0 saturated heterocycles. The minimum absolute atomic E-state index is 0.141. The van der Waals surface area contributed by atoms with Crippen molar-refractivity contribution in [2.45, 2.75) is 30.6 Å². The van der Waals surface area contributed by atoms with Gasteiger partial charge in [0.05, 0.1) is 23.3 Å². The lowest BCUT2D eigenvalue weighted by atomic mass is 9.73. The number of hydrogen-bond acceptors (Lipinski definition) is 5. The molecule has 1 atom stereocenters. The van der Waals surface area contributed by atoms with Gasteiger partial charge in [-0.1, -0.05) is 24.3 Å². The smallest absolute Gasteiger partial charge is 0.337 e. The summed E-state index contributed by atoms with van der Waals surface area (Å²) in [5, 5.41) is 1.62. The molecule has 1 N–H and O–H groups in total. The molecule has 4 rings (SSSR count). The highest BCUT2D eigenvalue weighted by molar-refractivity contribution is 7.85. The lowest BCUT2D eigenvalue weighted by Crippen LogP contribution is -2.30. The number of nitrogens with zero attached hydrogens (tertiary/aromatic N) is 1. The van der Waals surface area contributed by atoms with E-state index in [-0.39, 0.29) is 10.9 Å². The molecule has 0 bridgehead atoms. The van der Waals surface area contributed by atoms with Crippen LogP contribution in [0.1, 0.15) is 35.3 Å². The van der Waals surface area contributed by atoms with Crippen LogP contribution < -0.4 is 0 Å². The Balaban J connectivity index is 1.83. The predicted octanol–water partition coefficient (Wildman–Crippen LogP) is 4.48. The maximum Gasteiger partial charge on any atom is 0.337 e. The van der Waals surface area contributed by atoms with Crippen molar-refractivity contribution in [2.24, 2.45) is 4.99 Å². The van der Waals surface area contributed by atoms with E-state index in [9.17, 15) is 17.8 Å². The van der Waals surface area contributed by atoms with Gasteiger partial charge in [0.25, 0.3) is 10.1 Å². The zero-order chi connectivity index (χ0) is 21.7. The fraction of sp³-hybridized carbons (Fsp3) is 0.217. The lowest BCUT2D eigenvalue weighted by molar-refractivity contribution is 0.0600. The highest BCUT2D eigenvalue weighted by atomic mass is 32.2. The minimum Gasteiger partial charge on any atom is -0.465 e. The summed E-state index contributed by atoms with van der Waals surface area (Å²) in [5.74, 6) is -0.388. The van der Waals surface area contributed by atoms with Crippen LogP contribution in [0.3, 0.4) is 0 Å². The van der Waals surface area contributed by atoms with Crippen LogP contribution in [0.5, 0.6) is 0 Å². The fourth-order valence-corrected chi connectivity index (χ4v) is 4.61. The second-order valence-corrected chi connectivity index (χ2v) is 9.13. The SMILES string of the molecule is COC(=O)c1ccc(CC2(C)C(C)=Nc3ccc4ccc(S(=O)(=O)O)cc4c32)cc1. The second kappa shape index (κ2) is 7.04. The van der Waals surface area contributed by atoms with Crippen LogP contribution in [-0.4, -0.2) is 31.8 Å². The molecular weight excluding hydrogens is 402 g/mol. The number of ether oxygens (including phenoxy) is 1. The zero-order valence-corrected chi connectivity index (χ0v) is 17.7. The third-order valence-corrected chi connectivity index (χ3v) is 6.69. The van der Waals surface area contributed by atoms with Crippen molar-refractivity contribution in [2.75, 3.05) is 7.11 Å². The number of fused-ring (bicyclic) bond motifs is 3. The van der Waals surface area contributed by atoms with E-state index in [0.29, 0.717) is 12.0 Å². The van der Waals surface area contributed by atoms with E-state index in [1.807, 2.05) is 31.2 Å². The van der Waals surface area contributed by atoms with E-state index in [1.54, 1.807) is 18.2 Å². The maximum atomic E-state index is 11.7. The van der Waals surface area contributed by atoms with Gasteiger partial charge in [-0.25, -0.2) is 4.79 Å². The number of aliphatic imine (C=N–C) groups is 1. The van der Waals surface area contributed by atoms with Crippen LogP contribution in [0.25, 0.3) is 10.8 Å². The van der Waals surface area contributed by atoms with Crippen LogP contribution in [0.4, 0.5) is 5.69 Å². The third-order valence-electron chi connectivity index (χ3n) is 5.84. The highest BCUT2D eigenvalue weighted by Gasteiger charge is 2.38. The molecule has 1 aliphatic heterocycles. The Morgan fingerprint density at radius 1 is 1.10 bits per heavy atom. The van der Waals surface area contributed by atoms with Crippen LogP contribution in [-0.2, 0) is 26.7 Å². The molecule has 0 spiro atoms. The highest BCUT2D eigenvalue weighted by Crippen LogP contribution is 2.46. The molecule has 0 saturated carbocycles. The Morgan fingerprint density at radius 2 is 1.77 bits per heavy atom. The van der Waals surface area contributed by atoms with Crippen LogP contribution in [0, 0.1) is 0 Å². The van der Waals surface area contributed by atoms with Gasteiger partial charge in [0.2, 0.25) is 0 Å². The van der Waals surface area contributed by atoms with Crippen LogP contribution in [0.2, 0.25) is 0 Å². The molecule has 3 aromatic carbocycles. The second-order valence-electron chi connectivity index (χ2n) is 7.71. The molecule has 0 fully saturated rings. The maximum absolute atomic E-state index is 11.7. The summed E-state index contributed by atoms with van der Waals surface area (Å²) in [6.45, 7) is 4.03. The molecule has 154 valence electrons. The quantitative estimate of drug-likeness (QED) is 0.493. The van der Waals surface area contributed by atoms with E-state index in [4.69, 9.17) is 9.73 Å². The number of benzene rings is 3. The molecule has 0 aromatic heterocycles. The third kappa shape index (κ3) is 3.30. The van der Waals surface area contributed by atoms with E-state index in [2.05, 4.69) is 6.92 Å². The largest absolute Gasteiger partial charge is 0.465 e. The number of esters is 1. The topological polar surface area (TPSA) is 93.0 Å². The fourth-order valence-electron chi connectivity index (χ4n) is 4.11. The van der Waals surface area contributed by atoms with Crippen molar-refractivity contribution in [1.29, 1.82) is 0 Å². The first-order valence-electron chi connectivity index (χ1n) is 9.41. The van der Waals surface area contributed by atoms with E-state index in [1.165, 1.54) is 19.2 Å². The molecule has 3 aromatic rings. The van der Waals surface area contributed by atoms with Crippen molar-refractivity contribution in [3.8, 4) is 0 Å².